The van der Waals surface area contributed by atoms with Gasteiger partial charge in [-0.15, -0.1) is 10.2 Å². The van der Waals surface area contributed by atoms with Crippen LogP contribution in [-0.4, -0.2) is 39.3 Å². The summed E-state index contributed by atoms with van der Waals surface area (Å²) in [5.74, 6) is 2.31. The molecule has 0 spiro atoms. The van der Waals surface area contributed by atoms with E-state index in [1.807, 2.05) is 66.9 Å². The molecule has 0 fully saturated rings. The maximum absolute atomic E-state index is 12.1. The zero-order valence-electron chi connectivity index (χ0n) is 15.6. The smallest absolute Gasteiger partial charge is 0.231 e. The van der Waals surface area contributed by atoms with Gasteiger partial charge in [-0.25, -0.2) is 0 Å². The summed E-state index contributed by atoms with van der Waals surface area (Å²) in [5.41, 5.74) is 1.78. The van der Waals surface area contributed by atoms with E-state index in [2.05, 4.69) is 15.5 Å². The average molecular weight is 396 g/mol. The monoisotopic (exact) mass is 396 g/mol. The Bertz CT molecular complexity index is 988. The summed E-state index contributed by atoms with van der Waals surface area (Å²) in [6.07, 6.45) is 0. The van der Waals surface area contributed by atoms with E-state index in [4.69, 9.17) is 9.47 Å². The standard InChI is InChI=1S/C20H20N4O3S/c1-13(2)21-18(25)11-28-20-23-22-19(24(20)15-6-4-3-5-7-15)14-8-9-16-17(10-14)27-12-26-16/h3-10,13H,11-12H2,1-2H3,(H,21,25). The van der Waals surface area contributed by atoms with Gasteiger partial charge in [0.2, 0.25) is 12.7 Å². The van der Waals surface area contributed by atoms with Gasteiger partial charge in [0.25, 0.3) is 0 Å². The van der Waals surface area contributed by atoms with Crippen LogP contribution in [0.15, 0.2) is 53.7 Å². The quantitative estimate of drug-likeness (QED) is 0.644. The zero-order chi connectivity index (χ0) is 19.5. The predicted octanol–water partition coefficient (Wildman–Crippen LogP) is 3.28. The van der Waals surface area contributed by atoms with Crippen molar-refractivity contribution in [3.63, 3.8) is 0 Å². The first-order valence-corrected chi connectivity index (χ1v) is 9.93. The molecular weight excluding hydrogens is 376 g/mol. The maximum Gasteiger partial charge on any atom is 0.231 e. The van der Waals surface area contributed by atoms with Crippen LogP contribution in [0.25, 0.3) is 17.1 Å². The topological polar surface area (TPSA) is 78.3 Å². The van der Waals surface area contributed by atoms with E-state index >= 15 is 0 Å². The summed E-state index contributed by atoms with van der Waals surface area (Å²) >= 11 is 1.35. The van der Waals surface area contributed by atoms with Crippen LogP contribution in [0.5, 0.6) is 11.5 Å². The number of fused-ring (bicyclic) bond motifs is 1. The fourth-order valence-corrected chi connectivity index (χ4v) is 3.65. The molecule has 0 radical (unpaired) electrons. The van der Waals surface area contributed by atoms with Crippen molar-refractivity contribution in [2.75, 3.05) is 12.5 Å². The molecule has 0 bridgehead atoms. The van der Waals surface area contributed by atoms with Gasteiger partial charge in [0.05, 0.1) is 5.75 Å². The molecule has 1 aliphatic rings. The molecule has 0 saturated heterocycles. The van der Waals surface area contributed by atoms with Crippen LogP contribution in [0.3, 0.4) is 0 Å². The Morgan fingerprint density at radius 1 is 1.14 bits per heavy atom. The SMILES string of the molecule is CC(C)NC(=O)CSc1nnc(-c2ccc3c(c2)OCO3)n1-c1ccccc1. The molecule has 3 aromatic rings. The highest BCUT2D eigenvalue weighted by atomic mass is 32.2. The molecule has 1 aliphatic heterocycles. The number of para-hydroxylation sites is 1. The Balaban J connectivity index is 1.69. The van der Waals surface area contributed by atoms with Crippen molar-refractivity contribution >= 4 is 17.7 Å². The first kappa shape index (κ1) is 18.4. The van der Waals surface area contributed by atoms with Crippen molar-refractivity contribution in [1.29, 1.82) is 0 Å². The van der Waals surface area contributed by atoms with Crippen LogP contribution in [0.1, 0.15) is 13.8 Å². The number of aromatic nitrogens is 3. The number of nitrogens with zero attached hydrogens (tertiary/aromatic N) is 3. The Hall–Kier alpha value is -3.00. The van der Waals surface area contributed by atoms with Crippen LogP contribution >= 0.6 is 11.8 Å². The molecule has 1 aromatic heterocycles. The lowest BCUT2D eigenvalue weighted by Crippen LogP contribution is -2.31. The van der Waals surface area contributed by atoms with Crippen molar-refractivity contribution in [3.8, 4) is 28.6 Å². The van der Waals surface area contributed by atoms with Gasteiger partial charge < -0.3 is 14.8 Å². The van der Waals surface area contributed by atoms with Gasteiger partial charge >= 0.3 is 0 Å². The van der Waals surface area contributed by atoms with Gasteiger partial charge in [0.1, 0.15) is 0 Å². The molecular formula is C20H20N4O3S. The third kappa shape index (κ3) is 3.82. The van der Waals surface area contributed by atoms with Gasteiger partial charge in [-0.1, -0.05) is 30.0 Å². The highest BCUT2D eigenvalue weighted by Crippen LogP contribution is 2.36. The summed E-state index contributed by atoms with van der Waals surface area (Å²) in [5, 5.41) is 12.3. The number of hydrogen-bond acceptors (Lipinski definition) is 6. The summed E-state index contributed by atoms with van der Waals surface area (Å²) in [4.78, 5) is 12.1. The van der Waals surface area contributed by atoms with E-state index in [0.717, 1.165) is 17.0 Å². The fourth-order valence-electron chi connectivity index (χ4n) is 2.89. The third-order valence-electron chi connectivity index (χ3n) is 4.06. The van der Waals surface area contributed by atoms with Crippen molar-refractivity contribution < 1.29 is 14.3 Å². The Kier molecular flexibility index (Phi) is 5.21. The van der Waals surface area contributed by atoms with Crippen LogP contribution in [0, 0.1) is 0 Å². The molecule has 8 heteroatoms. The van der Waals surface area contributed by atoms with Gasteiger partial charge in [-0.05, 0) is 44.2 Å². The normalized spacial score (nSPS) is 12.4. The van der Waals surface area contributed by atoms with Gasteiger partial charge in [0, 0.05) is 17.3 Å². The van der Waals surface area contributed by atoms with E-state index in [9.17, 15) is 4.79 Å². The summed E-state index contributed by atoms with van der Waals surface area (Å²) in [6, 6.07) is 15.6. The van der Waals surface area contributed by atoms with E-state index in [1.165, 1.54) is 11.8 Å². The van der Waals surface area contributed by atoms with Crippen LogP contribution in [0.4, 0.5) is 0 Å². The second-order valence-electron chi connectivity index (χ2n) is 6.56. The predicted molar refractivity (Wildman–Crippen MR) is 107 cm³/mol. The van der Waals surface area contributed by atoms with Crippen LogP contribution in [-0.2, 0) is 4.79 Å². The molecule has 144 valence electrons. The van der Waals surface area contributed by atoms with Crippen LogP contribution < -0.4 is 14.8 Å². The van der Waals surface area contributed by atoms with Crippen LogP contribution in [0.2, 0.25) is 0 Å². The number of carbonyl (C=O) groups is 1. The third-order valence-corrected chi connectivity index (χ3v) is 4.99. The van der Waals surface area contributed by atoms with Gasteiger partial charge in [0.15, 0.2) is 22.5 Å². The lowest BCUT2D eigenvalue weighted by Gasteiger charge is -2.11. The van der Waals surface area contributed by atoms with Crippen molar-refractivity contribution in [2.45, 2.75) is 25.0 Å². The van der Waals surface area contributed by atoms with Crippen molar-refractivity contribution in [2.24, 2.45) is 0 Å². The molecule has 4 rings (SSSR count). The molecule has 2 heterocycles. The molecule has 0 aliphatic carbocycles. The first-order chi connectivity index (χ1) is 13.6. The first-order valence-electron chi connectivity index (χ1n) is 8.95. The van der Waals surface area contributed by atoms with E-state index < -0.39 is 0 Å². The largest absolute Gasteiger partial charge is 0.454 e. The van der Waals surface area contributed by atoms with E-state index in [0.29, 0.717) is 16.7 Å². The summed E-state index contributed by atoms with van der Waals surface area (Å²) in [7, 11) is 0. The molecule has 0 atom stereocenters. The minimum Gasteiger partial charge on any atom is -0.454 e. The molecule has 0 unspecified atom stereocenters. The molecule has 1 N–H and O–H groups in total. The summed E-state index contributed by atoms with van der Waals surface area (Å²) in [6.45, 7) is 4.09. The number of rotatable bonds is 6. The number of benzene rings is 2. The number of amides is 1. The zero-order valence-corrected chi connectivity index (χ0v) is 16.4. The van der Waals surface area contributed by atoms with Gasteiger partial charge in [-0.2, -0.15) is 0 Å². The van der Waals surface area contributed by atoms with Crippen molar-refractivity contribution in [1.82, 2.24) is 20.1 Å². The Labute approximate surface area is 167 Å². The van der Waals surface area contributed by atoms with E-state index in [-0.39, 0.29) is 24.5 Å². The van der Waals surface area contributed by atoms with E-state index in [1.54, 1.807) is 0 Å². The van der Waals surface area contributed by atoms with Gasteiger partial charge in [-0.3, -0.25) is 9.36 Å². The minimum atomic E-state index is -0.0350. The fraction of sp³-hybridized carbons (Fsp3) is 0.250. The molecule has 1 amide bonds. The number of thioether (sulfide) groups is 1. The average Bonchev–Trinajstić information content (AvgIpc) is 3.32. The number of carbonyl (C=O) groups excluding carboxylic acids is 1. The second kappa shape index (κ2) is 7.93. The molecule has 7 nitrogen and oxygen atoms in total. The highest BCUT2D eigenvalue weighted by molar-refractivity contribution is 7.99. The Morgan fingerprint density at radius 3 is 2.71 bits per heavy atom. The lowest BCUT2D eigenvalue weighted by atomic mass is 10.2. The summed E-state index contributed by atoms with van der Waals surface area (Å²) < 4.78 is 12.8. The second-order valence-corrected chi connectivity index (χ2v) is 7.50. The highest BCUT2D eigenvalue weighted by Gasteiger charge is 2.20. The number of nitrogens with one attached hydrogen (secondary N) is 1. The Morgan fingerprint density at radius 2 is 1.93 bits per heavy atom. The lowest BCUT2D eigenvalue weighted by molar-refractivity contribution is -0.119. The molecule has 2 aromatic carbocycles. The number of hydrogen-bond donors (Lipinski definition) is 1. The number of ether oxygens (including phenoxy) is 2. The minimum absolute atomic E-state index is 0.0350. The maximum atomic E-state index is 12.1. The molecule has 0 saturated carbocycles. The van der Waals surface area contributed by atoms with Crippen molar-refractivity contribution in [3.05, 3.63) is 48.5 Å². The molecule has 28 heavy (non-hydrogen) atoms.